The lowest BCUT2D eigenvalue weighted by Gasteiger charge is -2.03. The average molecular weight is 98.2 g/mol. The molecule has 1 saturated heterocycles. The molecule has 1 radical (unpaired) electrons. The molecule has 0 saturated carbocycles. The summed E-state index contributed by atoms with van der Waals surface area (Å²) in [5.41, 5.74) is 0. The van der Waals surface area contributed by atoms with Gasteiger partial charge in [-0.1, -0.05) is 6.92 Å². The van der Waals surface area contributed by atoms with Gasteiger partial charge < -0.3 is 4.90 Å². The van der Waals surface area contributed by atoms with Crippen molar-refractivity contribution in [3.63, 3.8) is 0 Å². The summed E-state index contributed by atoms with van der Waals surface area (Å²) in [5, 5.41) is 0. The quantitative estimate of drug-likeness (QED) is 0.432. The summed E-state index contributed by atoms with van der Waals surface area (Å²) in [5.74, 6) is 0.824. The highest BCUT2D eigenvalue weighted by molar-refractivity contribution is 4.84. The molecular weight excluding hydrogens is 86.1 g/mol. The van der Waals surface area contributed by atoms with Gasteiger partial charge in [0.05, 0.1) is 0 Å². The first kappa shape index (κ1) is 5.10. The standard InChI is InChI=1S/C6H12N/c1-6-3-4-7(2)5-6/h3,6H,4-5H2,1-2H3. The van der Waals surface area contributed by atoms with Crippen LogP contribution >= 0.6 is 0 Å². The predicted octanol–water partition coefficient (Wildman–Crippen LogP) is 0.772. The topological polar surface area (TPSA) is 3.24 Å². The van der Waals surface area contributed by atoms with Gasteiger partial charge in [-0.2, -0.15) is 0 Å². The van der Waals surface area contributed by atoms with Crippen molar-refractivity contribution in [2.24, 2.45) is 5.92 Å². The Hall–Kier alpha value is -0.0400. The van der Waals surface area contributed by atoms with Gasteiger partial charge in [-0.25, -0.2) is 0 Å². The first-order chi connectivity index (χ1) is 3.29. The predicted molar refractivity (Wildman–Crippen MR) is 31.0 cm³/mol. The monoisotopic (exact) mass is 98.1 g/mol. The third-order valence-electron chi connectivity index (χ3n) is 1.42. The van der Waals surface area contributed by atoms with Crippen LogP contribution in [-0.4, -0.2) is 25.0 Å². The lowest BCUT2D eigenvalue weighted by molar-refractivity contribution is 0.402. The number of hydrogen-bond acceptors (Lipinski definition) is 1. The minimum Gasteiger partial charge on any atom is -0.306 e. The fourth-order valence-corrected chi connectivity index (χ4v) is 1.00. The van der Waals surface area contributed by atoms with Gasteiger partial charge in [0.2, 0.25) is 0 Å². The highest BCUT2D eigenvalue weighted by atomic mass is 15.1. The highest BCUT2D eigenvalue weighted by Crippen LogP contribution is 2.10. The molecule has 0 aromatic rings. The van der Waals surface area contributed by atoms with Crippen molar-refractivity contribution in [1.29, 1.82) is 0 Å². The lowest BCUT2D eigenvalue weighted by atomic mass is 10.2. The third-order valence-corrected chi connectivity index (χ3v) is 1.42. The van der Waals surface area contributed by atoms with Crippen LogP contribution in [0.3, 0.4) is 0 Å². The van der Waals surface area contributed by atoms with Crippen LogP contribution in [0.15, 0.2) is 0 Å². The van der Waals surface area contributed by atoms with E-state index in [1.807, 2.05) is 0 Å². The molecule has 0 amide bonds. The SMILES string of the molecule is CC1[CH]CN(C)C1. The fraction of sp³-hybridized carbons (Fsp3) is 0.833. The Balaban J connectivity index is 2.26. The zero-order valence-corrected chi connectivity index (χ0v) is 5.02. The Morgan fingerprint density at radius 3 is 2.57 bits per heavy atom. The van der Waals surface area contributed by atoms with Crippen LogP contribution in [0, 0.1) is 12.3 Å². The summed E-state index contributed by atoms with van der Waals surface area (Å²) in [6, 6.07) is 0. The Morgan fingerprint density at radius 1 is 1.71 bits per heavy atom. The maximum atomic E-state index is 2.35. The van der Waals surface area contributed by atoms with E-state index in [0.29, 0.717) is 0 Å². The minimum atomic E-state index is 0.824. The highest BCUT2D eigenvalue weighted by Gasteiger charge is 2.13. The van der Waals surface area contributed by atoms with Crippen molar-refractivity contribution in [2.75, 3.05) is 20.1 Å². The van der Waals surface area contributed by atoms with Crippen molar-refractivity contribution >= 4 is 0 Å². The van der Waals surface area contributed by atoms with E-state index in [1.54, 1.807) is 0 Å². The summed E-state index contributed by atoms with van der Waals surface area (Å²) >= 11 is 0. The molecular formula is C6H12N. The first-order valence-corrected chi connectivity index (χ1v) is 2.81. The van der Waals surface area contributed by atoms with Gasteiger partial charge in [0.15, 0.2) is 0 Å². The Labute approximate surface area is 45.3 Å². The number of hydrogen-bond donors (Lipinski definition) is 0. The number of rotatable bonds is 0. The zero-order chi connectivity index (χ0) is 5.28. The van der Waals surface area contributed by atoms with Gasteiger partial charge >= 0.3 is 0 Å². The van der Waals surface area contributed by atoms with E-state index in [1.165, 1.54) is 13.1 Å². The maximum Gasteiger partial charge on any atom is 0.00130 e. The van der Waals surface area contributed by atoms with E-state index in [9.17, 15) is 0 Å². The summed E-state index contributed by atoms with van der Waals surface area (Å²) in [6.07, 6.45) is 2.35. The van der Waals surface area contributed by atoms with Gasteiger partial charge in [0.25, 0.3) is 0 Å². The largest absolute Gasteiger partial charge is 0.306 e. The summed E-state index contributed by atoms with van der Waals surface area (Å²) in [4.78, 5) is 2.32. The summed E-state index contributed by atoms with van der Waals surface area (Å²) < 4.78 is 0. The van der Waals surface area contributed by atoms with Gasteiger partial charge in [0.1, 0.15) is 0 Å². The fourth-order valence-electron chi connectivity index (χ4n) is 1.00. The molecule has 1 heterocycles. The van der Waals surface area contributed by atoms with E-state index in [2.05, 4.69) is 25.3 Å². The van der Waals surface area contributed by atoms with E-state index in [4.69, 9.17) is 0 Å². The van der Waals surface area contributed by atoms with Crippen molar-refractivity contribution in [1.82, 2.24) is 4.90 Å². The third kappa shape index (κ3) is 1.16. The molecule has 1 rings (SSSR count). The Bertz CT molecular complexity index is 53.2. The molecule has 41 valence electrons. The Kier molecular flexibility index (Phi) is 1.33. The lowest BCUT2D eigenvalue weighted by Crippen LogP contribution is -2.12. The zero-order valence-electron chi connectivity index (χ0n) is 5.02. The molecule has 7 heavy (non-hydrogen) atoms. The van der Waals surface area contributed by atoms with Crippen molar-refractivity contribution in [3.8, 4) is 0 Å². The van der Waals surface area contributed by atoms with Crippen molar-refractivity contribution in [2.45, 2.75) is 6.92 Å². The molecule has 1 nitrogen and oxygen atoms in total. The molecule has 1 aliphatic heterocycles. The van der Waals surface area contributed by atoms with Gasteiger partial charge in [0, 0.05) is 13.1 Å². The van der Waals surface area contributed by atoms with Crippen LogP contribution in [0.25, 0.3) is 0 Å². The minimum absolute atomic E-state index is 0.824. The summed E-state index contributed by atoms with van der Waals surface area (Å²) in [7, 11) is 2.15. The maximum absolute atomic E-state index is 2.35. The smallest absolute Gasteiger partial charge is 0.00130 e. The molecule has 0 aromatic carbocycles. The normalized spacial score (nSPS) is 34.3. The van der Waals surface area contributed by atoms with Crippen LogP contribution < -0.4 is 0 Å². The van der Waals surface area contributed by atoms with E-state index in [0.717, 1.165) is 5.92 Å². The van der Waals surface area contributed by atoms with E-state index < -0.39 is 0 Å². The second-order valence-corrected chi connectivity index (χ2v) is 2.43. The molecule has 0 aliphatic carbocycles. The van der Waals surface area contributed by atoms with Crippen molar-refractivity contribution < 1.29 is 0 Å². The van der Waals surface area contributed by atoms with Gasteiger partial charge in [-0.15, -0.1) is 0 Å². The molecule has 1 unspecified atom stereocenters. The van der Waals surface area contributed by atoms with Crippen LogP contribution in [-0.2, 0) is 0 Å². The molecule has 1 aliphatic rings. The van der Waals surface area contributed by atoms with Crippen LogP contribution in [0.5, 0.6) is 0 Å². The van der Waals surface area contributed by atoms with Crippen LogP contribution in [0.4, 0.5) is 0 Å². The summed E-state index contributed by atoms with van der Waals surface area (Å²) in [6.45, 7) is 4.69. The molecule has 1 fully saturated rings. The van der Waals surface area contributed by atoms with E-state index >= 15 is 0 Å². The van der Waals surface area contributed by atoms with Crippen LogP contribution in [0.2, 0.25) is 0 Å². The molecule has 0 bridgehead atoms. The molecule has 0 N–H and O–H groups in total. The molecule has 1 heteroatoms. The number of likely N-dealkylation sites (tertiary alicyclic amines) is 1. The van der Waals surface area contributed by atoms with Crippen molar-refractivity contribution in [3.05, 3.63) is 6.42 Å². The molecule has 0 aromatic heterocycles. The Morgan fingerprint density at radius 2 is 2.43 bits per heavy atom. The second-order valence-electron chi connectivity index (χ2n) is 2.43. The molecule has 1 atom stereocenters. The molecule has 0 spiro atoms. The second kappa shape index (κ2) is 1.83. The first-order valence-electron chi connectivity index (χ1n) is 2.81. The van der Waals surface area contributed by atoms with Gasteiger partial charge in [-0.3, -0.25) is 0 Å². The van der Waals surface area contributed by atoms with E-state index in [-0.39, 0.29) is 0 Å². The average Bonchev–Trinajstić information content (AvgIpc) is 1.87. The van der Waals surface area contributed by atoms with Gasteiger partial charge in [-0.05, 0) is 19.4 Å². The van der Waals surface area contributed by atoms with Crippen LogP contribution in [0.1, 0.15) is 6.92 Å². The number of nitrogens with zero attached hydrogens (tertiary/aromatic N) is 1.